The van der Waals surface area contributed by atoms with Gasteiger partial charge in [-0.3, -0.25) is 0 Å². The van der Waals surface area contributed by atoms with Crippen LogP contribution in [0.25, 0.3) is 0 Å². The van der Waals surface area contributed by atoms with Crippen LogP contribution in [0, 0.1) is 53.3 Å². The van der Waals surface area contributed by atoms with E-state index in [4.69, 9.17) is 23.7 Å². The number of fused-ring (bicyclic) bond motifs is 3. The van der Waals surface area contributed by atoms with Crippen molar-refractivity contribution in [2.75, 3.05) is 0 Å². The minimum absolute atomic E-state index is 0.0109. The van der Waals surface area contributed by atoms with Crippen molar-refractivity contribution >= 4 is 0 Å². The molecule has 0 spiro atoms. The van der Waals surface area contributed by atoms with Crippen molar-refractivity contribution in [3.05, 3.63) is 0 Å². The molecule has 0 bridgehead atoms. The zero-order chi connectivity index (χ0) is 24.0. The van der Waals surface area contributed by atoms with Crippen LogP contribution >= 0.6 is 0 Å². The lowest BCUT2D eigenvalue weighted by Crippen LogP contribution is -2.64. The van der Waals surface area contributed by atoms with E-state index in [9.17, 15) is 10.2 Å². The number of rotatable bonds is 4. The maximum absolute atomic E-state index is 10.1. The Morgan fingerprint density at radius 1 is 0.559 bits per heavy atom. The first-order valence-corrected chi connectivity index (χ1v) is 13.8. The Labute approximate surface area is 203 Å². The summed E-state index contributed by atoms with van der Waals surface area (Å²) in [4.78, 5) is 0. The Balaban J connectivity index is 1.05. The van der Waals surface area contributed by atoms with Crippen molar-refractivity contribution in [1.29, 1.82) is 0 Å². The monoisotopic (exact) mass is 480 g/mol. The largest absolute Gasteiger partial charge is 0.393 e. The first-order chi connectivity index (χ1) is 16.2. The van der Waals surface area contributed by atoms with Crippen molar-refractivity contribution < 1.29 is 33.9 Å². The molecular formula is C27H44O7. The summed E-state index contributed by atoms with van der Waals surface area (Å²) in [7, 11) is 0. The summed E-state index contributed by atoms with van der Waals surface area (Å²) in [5.74, 6) is 3.24. The number of ether oxygens (including phenoxy) is 5. The van der Waals surface area contributed by atoms with Gasteiger partial charge in [0.15, 0.2) is 18.9 Å². The Morgan fingerprint density at radius 2 is 1.00 bits per heavy atom. The fourth-order valence-corrected chi connectivity index (χ4v) is 8.52. The lowest BCUT2D eigenvalue weighted by atomic mass is 9.60. The van der Waals surface area contributed by atoms with Crippen LogP contribution in [-0.4, -0.2) is 65.7 Å². The molecule has 194 valence electrons. The normalized spacial score (nSPS) is 62.8. The molecule has 3 aliphatic carbocycles. The van der Waals surface area contributed by atoms with Crippen molar-refractivity contribution in [3.63, 3.8) is 0 Å². The Hall–Kier alpha value is -0.280. The topological polar surface area (TPSA) is 86.6 Å². The minimum atomic E-state index is -0.658. The van der Waals surface area contributed by atoms with Gasteiger partial charge in [-0.1, -0.05) is 20.8 Å². The summed E-state index contributed by atoms with van der Waals surface area (Å²) < 4.78 is 31.6. The Bertz CT molecular complexity index is 763. The third-order valence-corrected chi connectivity index (χ3v) is 10.9. The van der Waals surface area contributed by atoms with Crippen molar-refractivity contribution in [2.45, 2.75) is 116 Å². The van der Waals surface area contributed by atoms with E-state index in [1.807, 2.05) is 0 Å². The molecule has 0 amide bonds. The molecule has 3 heterocycles. The first kappa shape index (κ1) is 24.1. The molecular weight excluding hydrogens is 436 g/mol. The lowest BCUT2D eigenvalue weighted by molar-refractivity contribution is -0.359. The molecule has 3 saturated heterocycles. The van der Waals surface area contributed by atoms with Gasteiger partial charge in [-0.15, -0.1) is 0 Å². The molecule has 0 aromatic heterocycles. The average Bonchev–Trinajstić information content (AvgIpc) is 2.71. The highest BCUT2D eigenvalue weighted by Crippen LogP contribution is 2.55. The molecule has 3 saturated carbocycles. The van der Waals surface area contributed by atoms with Gasteiger partial charge in [0.05, 0.1) is 36.6 Å². The third kappa shape index (κ3) is 3.56. The molecule has 3 aliphatic heterocycles. The second-order valence-electron chi connectivity index (χ2n) is 12.6. The smallest absolute Gasteiger partial charge is 0.161 e. The van der Waals surface area contributed by atoms with Gasteiger partial charge < -0.3 is 33.9 Å². The van der Waals surface area contributed by atoms with Gasteiger partial charge in [-0.05, 0) is 57.8 Å². The van der Waals surface area contributed by atoms with Gasteiger partial charge in [0.25, 0.3) is 0 Å². The van der Waals surface area contributed by atoms with Gasteiger partial charge in [0, 0.05) is 35.5 Å². The summed E-state index contributed by atoms with van der Waals surface area (Å²) >= 11 is 0. The van der Waals surface area contributed by atoms with Gasteiger partial charge in [0.2, 0.25) is 0 Å². The summed E-state index contributed by atoms with van der Waals surface area (Å²) in [6, 6.07) is 0. The van der Waals surface area contributed by atoms with E-state index in [1.54, 1.807) is 0 Å². The third-order valence-electron chi connectivity index (χ3n) is 10.9. The second kappa shape index (κ2) is 8.64. The predicted octanol–water partition coefficient (Wildman–Crippen LogP) is 3.16. The molecule has 0 aromatic carbocycles. The van der Waals surface area contributed by atoms with Crippen LogP contribution in [0.1, 0.15) is 60.8 Å². The summed E-state index contributed by atoms with van der Waals surface area (Å²) in [5, 5.41) is 20.2. The van der Waals surface area contributed by atoms with E-state index in [0.29, 0.717) is 41.4 Å². The van der Waals surface area contributed by atoms with Crippen LogP contribution < -0.4 is 0 Å². The molecule has 2 N–H and O–H groups in total. The summed E-state index contributed by atoms with van der Waals surface area (Å²) in [5.41, 5.74) is 0. The molecule has 0 aromatic rings. The van der Waals surface area contributed by atoms with Crippen LogP contribution in [0.4, 0.5) is 0 Å². The Kier molecular flexibility index (Phi) is 6.12. The van der Waals surface area contributed by atoms with Gasteiger partial charge in [-0.25, -0.2) is 0 Å². The number of aliphatic hydroxyl groups excluding tert-OH is 2. The van der Waals surface area contributed by atoms with Crippen molar-refractivity contribution in [3.8, 4) is 0 Å². The van der Waals surface area contributed by atoms with Crippen LogP contribution in [0.3, 0.4) is 0 Å². The van der Waals surface area contributed by atoms with Crippen LogP contribution in [0.2, 0.25) is 0 Å². The van der Waals surface area contributed by atoms with E-state index < -0.39 is 6.29 Å². The zero-order valence-electron chi connectivity index (χ0n) is 21.4. The van der Waals surface area contributed by atoms with Gasteiger partial charge >= 0.3 is 0 Å². The van der Waals surface area contributed by atoms with E-state index >= 15 is 0 Å². The molecule has 0 radical (unpaired) electrons. The molecule has 34 heavy (non-hydrogen) atoms. The highest BCUT2D eigenvalue weighted by Gasteiger charge is 2.59. The van der Waals surface area contributed by atoms with E-state index in [2.05, 4.69) is 41.5 Å². The molecule has 9 unspecified atom stereocenters. The predicted molar refractivity (Wildman–Crippen MR) is 123 cm³/mol. The highest BCUT2D eigenvalue weighted by atomic mass is 16.7. The molecule has 6 aliphatic rings. The standard InChI is InChI=1S/C27H44O7/c1-10-17-8-20(23(17)14(5)30-25(10)29)33-27-12(3)18-9-21(24(18)15(6)32-27)34-26-11(2)16-7-19(28)22(16)13(4)31-26/h10-29H,7-9H2,1-6H3/t10?,11?,12?,13?,14?,15?,16-,17-,18-,19?,20?,21?,22-,23-,24-,25-,26+,27+/m1/s1. The number of hydrogen-bond donors (Lipinski definition) is 2. The maximum atomic E-state index is 10.1. The zero-order valence-corrected chi connectivity index (χ0v) is 21.4. The van der Waals surface area contributed by atoms with Crippen molar-refractivity contribution in [1.82, 2.24) is 0 Å². The van der Waals surface area contributed by atoms with Crippen LogP contribution in [-0.2, 0) is 23.7 Å². The first-order valence-electron chi connectivity index (χ1n) is 13.8. The fraction of sp³-hybridized carbons (Fsp3) is 1.00. The maximum Gasteiger partial charge on any atom is 0.161 e. The SMILES string of the molecule is CC1O[C@@H](OC2C[C@@H]3C(C)[C@H](OC4C[C@@H]5C(C)[C@H](O)OC(C)[C@@H]45)OC(C)[C@@H]23)C(C)[C@H]2CC(O)[C@H]12. The number of aliphatic hydroxyl groups is 2. The van der Waals surface area contributed by atoms with Gasteiger partial charge in [0.1, 0.15) is 0 Å². The molecule has 6 rings (SSSR count). The fourth-order valence-electron chi connectivity index (χ4n) is 8.52. The summed E-state index contributed by atoms with van der Waals surface area (Å²) in [6.45, 7) is 12.8. The molecule has 7 nitrogen and oxygen atoms in total. The molecule has 6 fully saturated rings. The highest BCUT2D eigenvalue weighted by molar-refractivity contribution is 5.04. The van der Waals surface area contributed by atoms with E-state index in [0.717, 1.165) is 19.3 Å². The quantitative estimate of drug-likeness (QED) is 0.639. The number of hydrogen-bond acceptors (Lipinski definition) is 7. The van der Waals surface area contributed by atoms with E-state index in [-0.39, 0.29) is 61.0 Å². The summed E-state index contributed by atoms with van der Waals surface area (Å²) in [6.07, 6.45) is 2.04. The van der Waals surface area contributed by atoms with Crippen LogP contribution in [0.5, 0.6) is 0 Å². The van der Waals surface area contributed by atoms with E-state index in [1.165, 1.54) is 0 Å². The van der Waals surface area contributed by atoms with Crippen molar-refractivity contribution in [2.24, 2.45) is 53.3 Å². The molecule has 7 heteroatoms. The molecule has 18 atom stereocenters. The minimum Gasteiger partial charge on any atom is -0.393 e. The van der Waals surface area contributed by atoms with Gasteiger partial charge in [-0.2, -0.15) is 0 Å². The average molecular weight is 481 g/mol. The van der Waals surface area contributed by atoms with Crippen LogP contribution in [0.15, 0.2) is 0 Å². The lowest BCUT2D eigenvalue weighted by Gasteiger charge is -2.60. The second-order valence-corrected chi connectivity index (χ2v) is 12.6. The Morgan fingerprint density at radius 3 is 1.53 bits per heavy atom.